The molecule has 4 rings (SSSR count). The fourth-order valence-electron chi connectivity index (χ4n) is 4.30. The summed E-state index contributed by atoms with van der Waals surface area (Å²) < 4.78 is 32.9. The first kappa shape index (κ1) is 27.4. The van der Waals surface area contributed by atoms with Crippen LogP contribution in [0.1, 0.15) is 62.4 Å². The molecular formula is C27H34N4O6S. The van der Waals surface area contributed by atoms with E-state index in [-0.39, 0.29) is 30.2 Å². The third-order valence-electron chi connectivity index (χ3n) is 6.60. The highest BCUT2D eigenvalue weighted by Crippen LogP contribution is 2.38. The molecule has 2 fully saturated rings. The molecule has 4 amide bonds. The quantitative estimate of drug-likeness (QED) is 0.434. The SMILES string of the molecule is COc1c(C(=O)Nc2ccc(NS(=O)(=O)CCC3CC3)cc2)cc(N2CCC(=O)NC2=O)cc1C(C)(C)C. The van der Waals surface area contributed by atoms with Gasteiger partial charge in [-0.3, -0.25) is 24.5 Å². The lowest BCUT2D eigenvalue weighted by Crippen LogP contribution is -2.49. The zero-order chi connectivity index (χ0) is 27.7. The van der Waals surface area contributed by atoms with Gasteiger partial charge in [-0.1, -0.05) is 33.6 Å². The number of urea groups is 1. The molecule has 2 aromatic carbocycles. The minimum absolute atomic E-state index is 0.0889. The Bertz CT molecular complexity index is 1340. The Kier molecular flexibility index (Phi) is 7.68. The summed E-state index contributed by atoms with van der Waals surface area (Å²) in [6.45, 7) is 6.11. The van der Waals surface area contributed by atoms with Crippen molar-refractivity contribution in [2.24, 2.45) is 5.92 Å². The van der Waals surface area contributed by atoms with Crippen LogP contribution < -0.4 is 25.0 Å². The molecule has 0 bridgehead atoms. The Morgan fingerprint density at radius 3 is 2.34 bits per heavy atom. The van der Waals surface area contributed by atoms with Gasteiger partial charge in [0.25, 0.3) is 5.91 Å². The minimum atomic E-state index is -3.43. The number of carbonyl (C=O) groups is 3. The van der Waals surface area contributed by atoms with E-state index in [0.717, 1.165) is 18.4 Å². The molecule has 0 atom stereocenters. The number of amides is 4. The second-order valence-corrected chi connectivity index (χ2v) is 12.6. The molecular weight excluding hydrogens is 508 g/mol. The van der Waals surface area contributed by atoms with Gasteiger partial charge in [0.1, 0.15) is 5.75 Å². The second kappa shape index (κ2) is 10.6. The van der Waals surface area contributed by atoms with E-state index in [1.165, 1.54) is 12.0 Å². The molecule has 11 heteroatoms. The zero-order valence-electron chi connectivity index (χ0n) is 22.1. The molecule has 204 valence electrons. The van der Waals surface area contributed by atoms with Crippen molar-refractivity contribution in [2.45, 2.75) is 51.9 Å². The average Bonchev–Trinajstić information content (AvgIpc) is 3.67. The van der Waals surface area contributed by atoms with Gasteiger partial charge >= 0.3 is 6.03 Å². The molecule has 1 saturated carbocycles. The zero-order valence-corrected chi connectivity index (χ0v) is 22.9. The van der Waals surface area contributed by atoms with Crippen molar-refractivity contribution in [1.82, 2.24) is 5.32 Å². The number of hydrogen-bond donors (Lipinski definition) is 3. The summed E-state index contributed by atoms with van der Waals surface area (Å²) in [5.41, 5.74) is 1.88. The number of hydrogen-bond acceptors (Lipinski definition) is 6. The van der Waals surface area contributed by atoms with E-state index in [4.69, 9.17) is 4.74 Å². The van der Waals surface area contributed by atoms with E-state index in [2.05, 4.69) is 15.4 Å². The van der Waals surface area contributed by atoms with E-state index < -0.39 is 27.4 Å². The molecule has 0 aromatic heterocycles. The van der Waals surface area contributed by atoms with E-state index in [9.17, 15) is 22.8 Å². The summed E-state index contributed by atoms with van der Waals surface area (Å²) in [5, 5.41) is 5.14. The maximum absolute atomic E-state index is 13.4. The maximum atomic E-state index is 13.4. The number of rotatable bonds is 9. The summed E-state index contributed by atoms with van der Waals surface area (Å²) in [6.07, 6.45) is 3.01. The Morgan fingerprint density at radius 2 is 1.76 bits per heavy atom. The van der Waals surface area contributed by atoms with Crippen LogP contribution in [-0.2, 0) is 20.2 Å². The van der Waals surface area contributed by atoms with Crippen molar-refractivity contribution in [3.63, 3.8) is 0 Å². The van der Waals surface area contributed by atoms with Gasteiger partial charge in [-0.25, -0.2) is 13.2 Å². The normalized spacial score (nSPS) is 16.2. The number of benzene rings is 2. The van der Waals surface area contributed by atoms with Crippen LogP contribution >= 0.6 is 0 Å². The molecule has 0 radical (unpaired) electrons. The van der Waals surface area contributed by atoms with Crippen LogP contribution in [0.2, 0.25) is 0 Å². The molecule has 1 aliphatic heterocycles. The third-order valence-corrected chi connectivity index (χ3v) is 7.92. The molecule has 1 saturated heterocycles. The highest BCUT2D eigenvalue weighted by molar-refractivity contribution is 7.92. The lowest BCUT2D eigenvalue weighted by Gasteiger charge is -2.30. The van der Waals surface area contributed by atoms with Crippen molar-refractivity contribution >= 4 is 44.9 Å². The second-order valence-electron chi connectivity index (χ2n) is 10.8. The topological polar surface area (TPSA) is 134 Å². The van der Waals surface area contributed by atoms with Gasteiger partial charge in [-0.2, -0.15) is 0 Å². The Morgan fingerprint density at radius 1 is 1.11 bits per heavy atom. The Balaban J connectivity index is 1.57. The molecule has 2 aliphatic rings. The fraction of sp³-hybridized carbons (Fsp3) is 0.444. The summed E-state index contributed by atoms with van der Waals surface area (Å²) in [7, 11) is -1.95. The molecule has 0 spiro atoms. The Labute approximate surface area is 223 Å². The van der Waals surface area contributed by atoms with Gasteiger partial charge in [0, 0.05) is 35.6 Å². The predicted octanol–water partition coefficient (Wildman–Crippen LogP) is 4.23. The van der Waals surface area contributed by atoms with E-state index in [1.807, 2.05) is 20.8 Å². The van der Waals surface area contributed by atoms with Crippen LogP contribution in [0.4, 0.5) is 21.9 Å². The maximum Gasteiger partial charge on any atom is 0.328 e. The van der Waals surface area contributed by atoms with Crippen LogP contribution in [0.5, 0.6) is 5.75 Å². The van der Waals surface area contributed by atoms with Gasteiger partial charge in [0.15, 0.2) is 0 Å². The van der Waals surface area contributed by atoms with Gasteiger partial charge in [0.05, 0.1) is 18.4 Å². The number of methoxy groups -OCH3 is 1. The number of nitrogens with one attached hydrogen (secondary N) is 3. The van der Waals surface area contributed by atoms with E-state index in [1.54, 1.807) is 36.4 Å². The molecule has 3 N–H and O–H groups in total. The molecule has 38 heavy (non-hydrogen) atoms. The van der Waals surface area contributed by atoms with Crippen LogP contribution in [0.15, 0.2) is 36.4 Å². The van der Waals surface area contributed by atoms with Gasteiger partial charge in [-0.05, 0) is 54.2 Å². The van der Waals surface area contributed by atoms with Crippen molar-refractivity contribution in [3.05, 3.63) is 47.5 Å². The van der Waals surface area contributed by atoms with Gasteiger partial charge in [0.2, 0.25) is 15.9 Å². The lowest BCUT2D eigenvalue weighted by molar-refractivity contribution is -0.120. The number of sulfonamides is 1. The van der Waals surface area contributed by atoms with Gasteiger partial charge < -0.3 is 10.1 Å². The first-order chi connectivity index (χ1) is 17.9. The number of anilines is 3. The highest BCUT2D eigenvalue weighted by atomic mass is 32.2. The lowest BCUT2D eigenvalue weighted by atomic mass is 9.84. The van der Waals surface area contributed by atoms with E-state index in [0.29, 0.717) is 35.2 Å². The fourth-order valence-corrected chi connectivity index (χ4v) is 5.55. The smallest absolute Gasteiger partial charge is 0.328 e. The Hall–Kier alpha value is -3.60. The van der Waals surface area contributed by atoms with Crippen LogP contribution in [0.25, 0.3) is 0 Å². The summed E-state index contributed by atoms with van der Waals surface area (Å²) in [5.74, 6) is 0.186. The predicted molar refractivity (Wildman–Crippen MR) is 146 cm³/mol. The van der Waals surface area contributed by atoms with Crippen LogP contribution in [0.3, 0.4) is 0 Å². The summed E-state index contributed by atoms with van der Waals surface area (Å²) in [4.78, 5) is 39.0. The van der Waals surface area contributed by atoms with Crippen LogP contribution in [-0.4, -0.2) is 45.7 Å². The first-order valence-electron chi connectivity index (χ1n) is 12.6. The standard InChI is InChI=1S/C27H34N4O6S/c1-27(2,3)22-16-20(31-13-11-23(32)29-26(31)34)15-21(24(22)37-4)25(33)28-18-7-9-19(10-8-18)30-38(35,36)14-12-17-5-6-17/h7-10,15-17,30H,5-6,11-14H2,1-4H3,(H,28,33)(H,29,32,34). The number of nitrogens with zero attached hydrogens (tertiary/aromatic N) is 1. The van der Waals surface area contributed by atoms with Crippen molar-refractivity contribution in [1.29, 1.82) is 0 Å². The van der Waals surface area contributed by atoms with Crippen LogP contribution in [0, 0.1) is 5.92 Å². The summed E-state index contributed by atoms with van der Waals surface area (Å²) >= 11 is 0. The highest BCUT2D eigenvalue weighted by Gasteiger charge is 2.30. The summed E-state index contributed by atoms with van der Waals surface area (Å²) in [6, 6.07) is 9.23. The number of ether oxygens (including phenoxy) is 1. The third kappa shape index (κ3) is 6.63. The van der Waals surface area contributed by atoms with Crippen molar-refractivity contribution < 1.29 is 27.5 Å². The molecule has 1 heterocycles. The van der Waals surface area contributed by atoms with Crippen molar-refractivity contribution in [3.8, 4) is 5.75 Å². The molecule has 10 nitrogen and oxygen atoms in total. The molecule has 0 unspecified atom stereocenters. The first-order valence-corrected chi connectivity index (χ1v) is 14.3. The minimum Gasteiger partial charge on any atom is -0.496 e. The molecule has 1 aliphatic carbocycles. The average molecular weight is 543 g/mol. The van der Waals surface area contributed by atoms with E-state index >= 15 is 0 Å². The van der Waals surface area contributed by atoms with Crippen molar-refractivity contribution in [2.75, 3.05) is 34.3 Å². The monoisotopic (exact) mass is 542 g/mol. The number of carbonyl (C=O) groups excluding carboxylic acids is 3. The van der Waals surface area contributed by atoms with Gasteiger partial charge in [-0.15, -0.1) is 0 Å². The largest absolute Gasteiger partial charge is 0.496 e. The molecule has 2 aromatic rings. The number of imide groups is 1.